The van der Waals surface area contributed by atoms with Gasteiger partial charge < -0.3 is 19.2 Å². The number of alkyl carbamates (subject to hydrolysis) is 1. The molecular formula is C22H28ClNO6. The molecule has 1 N–H and O–H groups in total. The van der Waals surface area contributed by atoms with E-state index in [2.05, 4.69) is 5.32 Å². The number of carbonyl (C=O) groups is 2. The highest BCUT2D eigenvalue weighted by molar-refractivity contribution is 6.33. The number of benzene rings is 1. The Labute approximate surface area is 180 Å². The smallest absolute Gasteiger partial charge is 0.408 e. The molecule has 0 aliphatic heterocycles. The SMILES string of the molecule is CCC(C)C(NC(=O)OC(C)(C)C)C(=O)Oc1cc2oc(=O)c(C)c(C)c2cc1Cl. The van der Waals surface area contributed by atoms with E-state index in [-0.39, 0.29) is 22.3 Å². The second-order valence-electron chi connectivity index (χ2n) is 8.35. The van der Waals surface area contributed by atoms with Gasteiger partial charge in [0.25, 0.3) is 0 Å². The lowest BCUT2D eigenvalue weighted by molar-refractivity contribution is -0.138. The number of carbonyl (C=O) groups excluding carboxylic acids is 2. The molecule has 1 aromatic heterocycles. The highest BCUT2D eigenvalue weighted by Crippen LogP contribution is 2.32. The Balaban J connectivity index is 2.33. The molecule has 7 nitrogen and oxygen atoms in total. The number of amides is 1. The van der Waals surface area contributed by atoms with Crippen LogP contribution in [-0.2, 0) is 9.53 Å². The Kier molecular flexibility index (Phi) is 7.18. The zero-order chi connectivity index (χ0) is 22.8. The van der Waals surface area contributed by atoms with Crippen LogP contribution in [0.3, 0.4) is 0 Å². The lowest BCUT2D eigenvalue weighted by Crippen LogP contribution is -2.48. The molecule has 0 aliphatic carbocycles. The first-order valence-electron chi connectivity index (χ1n) is 9.78. The van der Waals surface area contributed by atoms with Crippen molar-refractivity contribution >= 4 is 34.6 Å². The third kappa shape index (κ3) is 5.53. The summed E-state index contributed by atoms with van der Waals surface area (Å²) in [4.78, 5) is 37.0. The second kappa shape index (κ2) is 9.08. The summed E-state index contributed by atoms with van der Waals surface area (Å²) < 4.78 is 16.0. The van der Waals surface area contributed by atoms with Crippen LogP contribution < -0.4 is 15.7 Å². The molecule has 2 atom stereocenters. The van der Waals surface area contributed by atoms with E-state index in [9.17, 15) is 14.4 Å². The van der Waals surface area contributed by atoms with Gasteiger partial charge in [0.2, 0.25) is 0 Å². The topological polar surface area (TPSA) is 94.8 Å². The largest absolute Gasteiger partial charge is 0.444 e. The number of aryl methyl sites for hydroxylation is 1. The summed E-state index contributed by atoms with van der Waals surface area (Å²) in [7, 11) is 0. The average molecular weight is 438 g/mol. The fraction of sp³-hybridized carbons (Fsp3) is 0.500. The molecule has 2 rings (SSSR count). The summed E-state index contributed by atoms with van der Waals surface area (Å²) in [6, 6.07) is 2.05. The number of halogens is 1. The van der Waals surface area contributed by atoms with Crippen LogP contribution in [-0.4, -0.2) is 23.7 Å². The van der Waals surface area contributed by atoms with Crippen molar-refractivity contribution < 1.29 is 23.5 Å². The third-order valence-corrected chi connectivity index (χ3v) is 5.15. The predicted molar refractivity (Wildman–Crippen MR) is 115 cm³/mol. The number of nitrogens with one attached hydrogen (secondary N) is 1. The van der Waals surface area contributed by atoms with Gasteiger partial charge in [-0.05, 0) is 52.2 Å². The van der Waals surface area contributed by atoms with Crippen LogP contribution in [0.2, 0.25) is 5.02 Å². The van der Waals surface area contributed by atoms with Crippen molar-refractivity contribution in [1.29, 1.82) is 0 Å². The summed E-state index contributed by atoms with van der Waals surface area (Å²) in [5, 5.41) is 3.42. The standard InChI is InChI=1S/C22H28ClNO6/c1-8-11(2)18(24-21(27)30-22(5,6)7)20(26)29-17-10-16-14(9-15(17)23)12(3)13(4)19(25)28-16/h9-11,18H,8H2,1-7H3,(H,24,27). The van der Waals surface area contributed by atoms with Gasteiger partial charge in [0, 0.05) is 17.0 Å². The highest BCUT2D eigenvalue weighted by Gasteiger charge is 2.30. The van der Waals surface area contributed by atoms with E-state index < -0.39 is 29.3 Å². The van der Waals surface area contributed by atoms with Crippen molar-refractivity contribution in [2.75, 3.05) is 0 Å². The summed E-state index contributed by atoms with van der Waals surface area (Å²) in [5.74, 6) is -0.866. The van der Waals surface area contributed by atoms with E-state index in [1.807, 2.05) is 13.8 Å². The molecule has 0 saturated heterocycles. The minimum absolute atomic E-state index is 0.0415. The number of hydrogen-bond acceptors (Lipinski definition) is 6. The quantitative estimate of drug-likeness (QED) is 0.405. The van der Waals surface area contributed by atoms with E-state index in [1.54, 1.807) is 40.7 Å². The van der Waals surface area contributed by atoms with Crippen LogP contribution >= 0.6 is 11.6 Å². The lowest BCUT2D eigenvalue weighted by Gasteiger charge is -2.25. The predicted octanol–water partition coefficient (Wildman–Crippen LogP) is 4.91. The fourth-order valence-corrected chi connectivity index (χ4v) is 3.00. The van der Waals surface area contributed by atoms with Crippen molar-refractivity contribution in [2.45, 2.75) is 66.5 Å². The number of rotatable bonds is 5. The normalized spacial score (nSPS) is 13.6. The first kappa shape index (κ1) is 23.7. The monoisotopic (exact) mass is 437 g/mol. The Morgan fingerprint density at radius 2 is 1.83 bits per heavy atom. The molecule has 8 heteroatoms. The van der Waals surface area contributed by atoms with Gasteiger partial charge in [-0.2, -0.15) is 0 Å². The number of hydrogen-bond donors (Lipinski definition) is 1. The Bertz CT molecular complexity index is 1020. The van der Waals surface area contributed by atoms with E-state index in [4.69, 9.17) is 25.5 Å². The molecule has 164 valence electrons. The summed E-state index contributed by atoms with van der Waals surface area (Å²) in [6.45, 7) is 12.4. The molecular weight excluding hydrogens is 410 g/mol. The molecule has 0 spiro atoms. The van der Waals surface area contributed by atoms with Gasteiger partial charge in [-0.25, -0.2) is 14.4 Å². The third-order valence-electron chi connectivity index (χ3n) is 4.86. The molecule has 30 heavy (non-hydrogen) atoms. The Morgan fingerprint density at radius 1 is 1.20 bits per heavy atom. The number of fused-ring (bicyclic) bond motifs is 1. The minimum atomic E-state index is -0.941. The zero-order valence-corrected chi connectivity index (χ0v) is 19.1. The van der Waals surface area contributed by atoms with E-state index >= 15 is 0 Å². The Morgan fingerprint density at radius 3 is 2.40 bits per heavy atom. The summed E-state index contributed by atoms with van der Waals surface area (Å²) in [6.07, 6.45) is -0.0968. The van der Waals surface area contributed by atoms with Gasteiger partial charge in [-0.15, -0.1) is 0 Å². The van der Waals surface area contributed by atoms with Crippen LogP contribution in [0.5, 0.6) is 5.75 Å². The number of esters is 1. The van der Waals surface area contributed by atoms with Crippen LogP contribution in [0.15, 0.2) is 21.3 Å². The van der Waals surface area contributed by atoms with Gasteiger partial charge in [0.15, 0.2) is 5.75 Å². The molecule has 2 unspecified atom stereocenters. The van der Waals surface area contributed by atoms with E-state index in [1.165, 1.54) is 6.07 Å². The highest BCUT2D eigenvalue weighted by atomic mass is 35.5. The number of ether oxygens (including phenoxy) is 2. The van der Waals surface area contributed by atoms with Crippen molar-refractivity contribution in [3.63, 3.8) is 0 Å². The first-order chi connectivity index (χ1) is 13.8. The van der Waals surface area contributed by atoms with Crippen molar-refractivity contribution in [2.24, 2.45) is 5.92 Å². The zero-order valence-electron chi connectivity index (χ0n) is 18.3. The molecule has 0 saturated carbocycles. The van der Waals surface area contributed by atoms with Gasteiger partial charge in [0.05, 0.1) is 5.02 Å². The molecule has 0 radical (unpaired) electrons. The molecule has 1 amide bonds. The van der Waals surface area contributed by atoms with Crippen molar-refractivity contribution in [1.82, 2.24) is 5.32 Å². The molecule has 1 aromatic carbocycles. The van der Waals surface area contributed by atoms with Crippen LogP contribution in [0.25, 0.3) is 11.0 Å². The summed E-state index contributed by atoms with van der Waals surface area (Å²) >= 11 is 6.31. The Hall–Kier alpha value is -2.54. The molecule has 0 aliphatic rings. The van der Waals surface area contributed by atoms with Crippen LogP contribution in [0, 0.1) is 19.8 Å². The first-order valence-corrected chi connectivity index (χ1v) is 10.2. The molecule has 0 fully saturated rings. The lowest BCUT2D eigenvalue weighted by atomic mass is 9.99. The minimum Gasteiger partial charge on any atom is -0.444 e. The van der Waals surface area contributed by atoms with E-state index in [0.29, 0.717) is 17.4 Å². The van der Waals surface area contributed by atoms with Crippen molar-refractivity contribution in [3.8, 4) is 5.75 Å². The van der Waals surface area contributed by atoms with Crippen molar-refractivity contribution in [3.05, 3.63) is 38.7 Å². The maximum Gasteiger partial charge on any atom is 0.408 e. The second-order valence-corrected chi connectivity index (χ2v) is 8.76. The fourth-order valence-electron chi connectivity index (χ4n) is 2.80. The van der Waals surface area contributed by atoms with Gasteiger partial charge in [0.1, 0.15) is 17.2 Å². The molecule has 1 heterocycles. The van der Waals surface area contributed by atoms with Gasteiger partial charge in [-0.1, -0.05) is 31.9 Å². The van der Waals surface area contributed by atoms with Gasteiger partial charge in [-0.3, -0.25) is 0 Å². The molecule has 0 bridgehead atoms. The van der Waals surface area contributed by atoms with Crippen LogP contribution in [0.4, 0.5) is 4.79 Å². The van der Waals surface area contributed by atoms with E-state index in [0.717, 1.165) is 5.56 Å². The average Bonchev–Trinajstić information content (AvgIpc) is 2.63. The maximum absolute atomic E-state index is 12.8. The molecule has 2 aromatic rings. The maximum atomic E-state index is 12.8. The summed E-state index contributed by atoms with van der Waals surface area (Å²) in [5.41, 5.74) is 0.314. The van der Waals surface area contributed by atoms with Crippen LogP contribution in [0.1, 0.15) is 52.2 Å². The van der Waals surface area contributed by atoms with Gasteiger partial charge >= 0.3 is 17.7 Å².